The Kier molecular flexibility index (Phi) is 6.75. The number of aromatic nitrogens is 1. The number of nitrogens with one attached hydrogen (secondary N) is 1. The highest BCUT2D eigenvalue weighted by molar-refractivity contribution is 5.87. The number of urea groups is 1. The maximum absolute atomic E-state index is 14.2. The van der Waals surface area contributed by atoms with Gasteiger partial charge in [0.15, 0.2) is 0 Å². The van der Waals surface area contributed by atoms with Gasteiger partial charge in [-0.05, 0) is 74.3 Å². The van der Waals surface area contributed by atoms with Crippen LogP contribution >= 0.6 is 0 Å². The minimum Gasteiger partial charge on any atom is -0.465 e. The van der Waals surface area contributed by atoms with E-state index in [1.165, 1.54) is 6.07 Å². The van der Waals surface area contributed by atoms with Crippen molar-refractivity contribution in [3.8, 4) is 0 Å². The zero-order chi connectivity index (χ0) is 24.4. The second kappa shape index (κ2) is 10.1. The molecule has 2 amide bonds. The summed E-state index contributed by atoms with van der Waals surface area (Å²) in [6, 6.07) is 14.6. The predicted molar refractivity (Wildman–Crippen MR) is 132 cm³/mol. The van der Waals surface area contributed by atoms with Crippen molar-refractivity contribution in [2.75, 3.05) is 13.2 Å². The molecule has 0 bridgehead atoms. The third-order valence-corrected chi connectivity index (χ3v) is 7.14. The van der Waals surface area contributed by atoms with E-state index in [-0.39, 0.29) is 30.4 Å². The number of carbonyl (C=O) groups is 2. The molecule has 0 saturated heterocycles. The average Bonchev–Trinajstić information content (AvgIpc) is 3.65. The van der Waals surface area contributed by atoms with Crippen molar-refractivity contribution in [1.82, 2.24) is 14.8 Å². The molecular formula is C28H32FN3O3. The first-order valence-corrected chi connectivity index (χ1v) is 12.6. The third kappa shape index (κ3) is 5.19. The van der Waals surface area contributed by atoms with Crippen LogP contribution in [0.15, 0.2) is 48.5 Å². The lowest BCUT2D eigenvalue weighted by molar-refractivity contribution is -0.143. The zero-order valence-corrected chi connectivity index (χ0v) is 20.1. The summed E-state index contributed by atoms with van der Waals surface area (Å²) < 4.78 is 21.4. The van der Waals surface area contributed by atoms with Crippen molar-refractivity contribution in [3.05, 3.63) is 71.2 Å². The zero-order valence-electron chi connectivity index (χ0n) is 20.1. The van der Waals surface area contributed by atoms with Crippen molar-refractivity contribution in [2.24, 2.45) is 5.92 Å². The van der Waals surface area contributed by atoms with Gasteiger partial charge in [-0.15, -0.1) is 0 Å². The molecule has 5 rings (SSSR count). The molecule has 0 radical (unpaired) electrons. The summed E-state index contributed by atoms with van der Waals surface area (Å²) in [5, 5.41) is 3.93. The molecule has 1 aromatic heterocycles. The van der Waals surface area contributed by atoms with Crippen LogP contribution in [0.5, 0.6) is 0 Å². The maximum atomic E-state index is 14.2. The molecule has 0 spiro atoms. The second-order valence-electron chi connectivity index (χ2n) is 9.61. The Labute approximate surface area is 205 Å². The molecule has 1 N–H and O–H groups in total. The molecule has 2 aromatic carbocycles. The topological polar surface area (TPSA) is 63.6 Å². The van der Waals surface area contributed by atoms with Crippen molar-refractivity contribution in [3.63, 3.8) is 0 Å². The molecule has 3 aromatic rings. The number of hydrogen-bond acceptors (Lipinski definition) is 3. The first-order chi connectivity index (χ1) is 17.0. The molecule has 35 heavy (non-hydrogen) atoms. The molecule has 1 atom stereocenters. The number of carbonyl (C=O) groups excluding carboxylic acids is 2. The standard InChI is InChI=1S/C28H32FN3O3/c1-2-35-27(33)18-32-25-12-10-21(29)14-23(25)24-15-22(11-13-26(24)32)31(17-20-8-9-20)28(34)30-16-19-6-4-3-5-7-19/h3-7,10,12,14,20,22H,2,8-9,11,13,15-18H2,1H3,(H,30,34)/t22-/m0/s1. The van der Waals surface area contributed by atoms with Crippen LogP contribution in [0.1, 0.15) is 43.0 Å². The maximum Gasteiger partial charge on any atom is 0.325 e. The number of ether oxygens (including phenoxy) is 1. The van der Waals surface area contributed by atoms with E-state index in [1.807, 2.05) is 39.8 Å². The average molecular weight is 478 g/mol. The number of rotatable bonds is 8. The van der Waals surface area contributed by atoms with Crippen molar-refractivity contribution >= 4 is 22.9 Å². The van der Waals surface area contributed by atoms with Crippen LogP contribution in [0.4, 0.5) is 9.18 Å². The Hall–Kier alpha value is -3.35. The van der Waals surface area contributed by atoms with Crippen molar-refractivity contribution < 1.29 is 18.7 Å². The van der Waals surface area contributed by atoms with E-state index < -0.39 is 0 Å². The highest BCUT2D eigenvalue weighted by Crippen LogP contribution is 2.36. The first kappa shape index (κ1) is 23.4. The molecule has 1 fully saturated rings. The van der Waals surface area contributed by atoms with Gasteiger partial charge >= 0.3 is 12.0 Å². The molecule has 2 aliphatic rings. The van der Waals surface area contributed by atoms with E-state index in [0.29, 0.717) is 25.5 Å². The summed E-state index contributed by atoms with van der Waals surface area (Å²) in [4.78, 5) is 27.6. The Morgan fingerprint density at radius 1 is 1.14 bits per heavy atom. The Morgan fingerprint density at radius 2 is 1.94 bits per heavy atom. The van der Waals surface area contributed by atoms with Gasteiger partial charge in [0, 0.05) is 35.7 Å². The number of amides is 2. The fraction of sp³-hybridized carbons (Fsp3) is 0.429. The molecule has 7 heteroatoms. The van der Waals surface area contributed by atoms with Gasteiger partial charge in [0.05, 0.1) is 6.61 Å². The number of hydrogen-bond donors (Lipinski definition) is 1. The molecule has 0 unspecified atom stereocenters. The fourth-order valence-corrected chi connectivity index (χ4v) is 5.24. The molecule has 184 valence electrons. The largest absolute Gasteiger partial charge is 0.465 e. The minimum absolute atomic E-state index is 0.0313. The van der Waals surface area contributed by atoms with E-state index in [1.54, 1.807) is 19.1 Å². The normalized spacial score (nSPS) is 17.1. The van der Waals surface area contributed by atoms with E-state index in [9.17, 15) is 14.0 Å². The second-order valence-corrected chi connectivity index (χ2v) is 9.61. The minimum atomic E-state index is -0.300. The van der Waals surface area contributed by atoms with Crippen LogP contribution in [-0.2, 0) is 35.5 Å². The summed E-state index contributed by atoms with van der Waals surface area (Å²) in [5.74, 6) is -0.0399. The Balaban J connectivity index is 1.40. The monoisotopic (exact) mass is 477 g/mol. The van der Waals surface area contributed by atoms with Gasteiger partial charge in [0.2, 0.25) is 0 Å². The van der Waals surface area contributed by atoms with E-state index >= 15 is 0 Å². The SMILES string of the molecule is CCOC(=O)Cn1c2c(c3cc(F)ccc31)C[C@@H](N(CC1CC1)C(=O)NCc1ccccc1)CC2. The number of nitrogens with zero attached hydrogens (tertiary/aromatic N) is 2. The van der Waals surface area contributed by atoms with E-state index in [2.05, 4.69) is 5.32 Å². The fourth-order valence-electron chi connectivity index (χ4n) is 5.24. The summed E-state index contributed by atoms with van der Waals surface area (Å²) in [6.45, 7) is 3.46. The molecule has 6 nitrogen and oxygen atoms in total. The quantitative estimate of drug-likeness (QED) is 0.473. The Bertz CT molecular complexity index is 1220. The molecular weight excluding hydrogens is 445 g/mol. The molecule has 1 saturated carbocycles. The lowest BCUT2D eigenvalue weighted by Crippen LogP contribution is -2.49. The molecule has 2 aliphatic carbocycles. The number of halogens is 1. The molecule has 0 aliphatic heterocycles. The van der Waals surface area contributed by atoms with Crippen LogP contribution in [0.25, 0.3) is 10.9 Å². The number of esters is 1. The summed E-state index contributed by atoms with van der Waals surface area (Å²) in [6.07, 6.45) is 4.49. The van der Waals surface area contributed by atoms with Gasteiger partial charge in [-0.3, -0.25) is 4.79 Å². The third-order valence-electron chi connectivity index (χ3n) is 7.14. The first-order valence-electron chi connectivity index (χ1n) is 12.6. The lowest BCUT2D eigenvalue weighted by Gasteiger charge is -2.35. The van der Waals surface area contributed by atoms with Crippen LogP contribution in [0.3, 0.4) is 0 Å². The van der Waals surface area contributed by atoms with Crippen molar-refractivity contribution in [1.29, 1.82) is 0 Å². The number of benzene rings is 2. The van der Waals surface area contributed by atoms with E-state index in [0.717, 1.165) is 60.0 Å². The van der Waals surface area contributed by atoms with Crippen molar-refractivity contribution in [2.45, 2.75) is 58.2 Å². The highest BCUT2D eigenvalue weighted by atomic mass is 19.1. The smallest absolute Gasteiger partial charge is 0.325 e. The van der Waals surface area contributed by atoms with Gasteiger partial charge < -0.3 is 19.5 Å². The van der Waals surface area contributed by atoms with Gasteiger partial charge in [-0.25, -0.2) is 9.18 Å². The number of fused-ring (bicyclic) bond motifs is 3. The van der Waals surface area contributed by atoms with Gasteiger partial charge in [-0.2, -0.15) is 0 Å². The van der Waals surface area contributed by atoms with Crippen LogP contribution in [0.2, 0.25) is 0 Å². The predicted octanol–water partition coefficient (Wildman–Crippen LogP) is 4.82. The Morgan fingerprint density at radius 3 is 2.69 bits per heavy atom. The summed E-state index contributed by atoms with van der Waals surface area (Å²) >= 11 is 0. The summed E-state index contributed by atoms with van der Waals surface area (Å²) in [5.41, 5.74) is 3.99. The lowest BCUT2D eigenvalue weighted by atomic mass is 9.90. The van der Waals surface area contributed by atoms with Gasteiger partial charge in [0.1, 0.15) is 12.4 Å². The van der Waals surface area contributed by atoms with Gasteiger partial charge in [0.25, 0.3) is 0 Å². The summed E-state index contributed by atoms with van der Waals surface area (Å²) in [7, 11) is 0. The van der Waals surface area contributed by atoms with Crippen LogP contribution < -0.4 is 5.32 Å². The molecule has 1 heterocycles. The highest BCUT2D eigenvalue weighted by Gasteiger charge is 2.35. The van der Waals surface area contributed by atoms with Gasteiger partial charge in [-0.1, -0.05) is 30.3 Å². The van der Waals surface area contributed by atoms with E-state index in [4.69, 9.17) is 4.74 Å². The van der Waals surface area contributed by atoms with Crippen LogP contribution in [-0.4, -0.2) is 40.7 Å². The van der Waals surface area contributed by atoms with Crippen LogP contribution in [0, 0.1) is 11.7 Å².